The van der Waals surface area contributed by atoms with E-state index in [9.17, 15) is 4.79 Å². The summed E-state index contributed by atoms with van der Waals surface area (Å²) in [7, 11) is 1.50. The fourth-order valence-corrected chi connectivity index (χ4v) is 4.27. The zero-order valence-electron chi connectivity index (χ0n) is 26.7. The van der Waals surface area contributed by atoms with E-state index in [0.717, 1.165) is 54.0 Å². The summed E-state index contributed by atoms with van der Waals surface area (Å²) in [5, 5.41) is 11.1. The van der Waals surface area contributed by atoms with Crippen LogP contribution in [0.2, 0.25) is 0 Å². The maximum absolute atomic E-state index is 13.0. The largest absolute Gasteiger partial charge is 0.492 e. The number of hydrogen-bond donors (Lipinski definition) is 4. The number of nitrogens with zero attached hydrogens (tertiary/aromatic N) is 2. The monoisotopic (exact) mass is 590 g/mol. The average molecular weight is 591 g/mol. The van der Waals surface area contributed by atoms with Gasteiger partial charge in [-0.05, 0) is 56.7 Å². The highest BCUT2D eigenvalue weighted by atomic mass is 16.5. The Morgan fingerprint density at radius 2 is 1.81 bits per heavy atom. The molecule has 3 aromatic rings. The van der Waals surface area contributed by atoms with Gasteiger partial charge in [-0.3, -0.25) is 15.2 Å². The lowest BCUT2D eigenvalue weighted by molar-refractivity contribution is -0.0470. The van der Waals surface area contributed by atoms with E-state index in [4.69, 9.17) is 9.47 Å². The van der Waals surface area contributed by atoms with E-state index in [1.54, 1.807) is 12.3 Å². The molecule has 2 amide bonds. The molecule has 0 unspecified atom stereocenters. The van der Waals surface area contributed by atoms with Crippen LogP contribution in [-0.4, -0.2) is 61.9 Å². The van der Waals surface area contributed by atoms with Crippen molar-refractivity contribution in [2.24, 2.45) is 11.7 Å². The number of allylic oxidation sites excluding steroid dienone is 1. The maximum atomic E-state index is 13.0. The Bertz CT molecular complexity index is 1290. The molecule has 1 aromatic heterocycles. The topological polar surface area (TPSA) is 114 Å². The summed E-state index contributed by atoms with van der Waals surface area (Å²) in [6, 6.07) is 15.3. The molecule has 2 aromatic carbocycles. The number of carbonyl (C=O) groups excluding carboxylic acids is 1. The van der Waals surface area contributed by atoms with E-state index in [0.29, 0.717) is 30.6 Å². The van der Waals surface area contributed by atoms with Gasteiger partial charge in [0.2, 0.25) is 0 Å². The Hall–Kier alpha value is -3.92. The predicted octanol–water partition coefficient (Wildman–Crippen LogP) is 6.53. The number of amides is 2. The number of aryl methyl sites for hydroxylation is 1. The minimum atomic E-state index is -0.331. The first-order chi connectivity index (χ1) is 20.9. The second-order valence-electron chi connectivity index (χ2n) is 10.1. The molecule has 0 saturated carbocycles. The molecule has 9 nitrogen and oxygen atoms in total. The molecule has 1 saturated heterocycles. The smallest absolute Gasteiger partial charge is 0.324 e. The number of anilines is 2. The molecule has 1 fully saturated rings. The zero-order valence-corrected chi connectivity index (χ0v) is 26.7. The molecule has 1 aliphatic rings. The van der Waals surface area contributed by atoms with Crippen LogP contribution in [0.4, 0.5) is 16.2 Å². The number of ether oxygens (including phenoxy) is 2. The lowest BCUT2D eigenvalue weighted by atomic mass is 10.1. The van der Waals surface area contributed by atoms with Gasteiger partial charge < -0.3 is 25.8 Å². The van der Waals surface area contributed by atoms with Crippen LogP contribution in [0.25, 0.3) is 10.8 Å². The number of pyridine rings is 1. The van der Waals surface area contributed by atoms with Gasteiger partial charge in [-0.15, -0.1) is 6.58 Å². The highest BCUT2D eigenvalue weighted by Gasteiger charge is 2.26. The minimum absolute atomic E-state index is 0.282. The molecular formula is C34H50N6O3. The van der Waals surface area contributed by atoms with E-state index in [-0.39, 0.29) is 12.1 Å². The lowest BCUT2D eigenvalue weighted by Gasteiger charge is -2.38. The fraction of sp³-hybridized carbons (Fsp3) is 0.412. The molecular weight excluding hydrogens is 540 g/mol. The summed E-state index contributed by atoms with van der Waals surface area (Å²) in [6.07, 6.45) is 6.62. The van der Waals surface area contributed by atoms with Crippen LogP contribution < -0.4 is 26.4 Å². The van der Waals surface area contributed by atoms with Crippen LogP contribution >= 0.6 is 0 Å². The van der Waals surface area contributed by atoms with Crippen LogP contribution in [-0.2, 0) is 4.74 Å². The van der Waals surface area contributed by atoms with Gasteiger partial charge >= 0.3 is 6.03 Å². The van der Waals surface area contributed by atoms with Crippen molar-refractivity contribution >= 4 is 28.2 Å². The summed E-state index contributed by atoms with van der Waals surface area (Å²) in [4.78, 5) is 19.7. The number of aromatic nitrogens is 1. The van der Waals surface area contributed by atoms with E-state index in [1.807, 2.05) is 75.4 Å². The Balaban J connectivity index is 0.00000155. The van der Waals surface area contributed by atoms with E-state index in [2.05, 4.69) is 52.0 Å². The molecule has 234 valence electrons. The molecule has 0 atom stereocenters. The van der Waals surface area contributed by atoms with Crippen molar-refractivity contribution in [3.05, 3.63) is 85.0 Å². The normalized spacial score (nSPS) is 13.2. The first kappa shape index (κ1) is 35.3. The number of carbonyl (C=O) groups is 1. The summed E-state index contributed by atoms with van der Waals surface area (Å²) in [5.41, 5.74) is 6.95. The Morgan fingerprint density at radius 1 is 1.09 bits per heavy atom. The third kappa shape index (κ3) is 11.7. The third-order valence-corrected chi connectivity index (χ3v) is 6.40. The first-order valence-corrected chi connectivity index (χ1v) is 15.1. The van der Waals surface area contributed by atoms with Gasteiger partial charge in [-0.25, -0.2) is 4.79 Å². The van der Waals surface area contributed by atoms with Crippen molar-refractivity contribution < 1.29 is 14.3 Å². The number of nitrogens with one attached hydrogen (secondary N) is 3. The predicted molar refractivity (Wildman–Crippen MR) is 180 cm³/mol. The zero-order chi connectivity index (χ0) is 31.6. The van der Waals surface area contributed by atoms with Gasteiger partial charge in [-0.2, -0.15) is 0 Å². The molecule has 1 aliphatic heterocycles. The van der Waals surface area contributed by atoms with Crippen LogP contribution in [0.1, 0.15) is 39.8 Å². The van der Waals surface area contributed by atoms with Gasteiger partial charge in [0.05, 0.1) is 30.3 Å². The first-order valence-electron chi connectivity index (χ1n) is 15.1. The minimum Gasteiger partial charge on any atom is -0.492 e. The number of nitrogens with two attached hydrogens (primary N) is 1. The molecule has 0 spiro atoms. The van der Waals surface area contributed by atoms with Crippen LogP contribution in [0.5, 0.6) is 5.75 Å². The van der Waals surface area contributed by atoms with Gasteiger partial charge in [0.15, 0.2) is 0 Å². The van der Waals surface area contributed by atoms with Crippen LogP contribution in [0.15, 0.2) is 79.3 Å². The molecule has 43 heavy (non-hydrogen) atoms. The van der Waals surface area contributed by atoms with Crippen LogP contribution in [0.3, 0.4) is 0 Å². The highest BCUT2D eigenvalue weighted by molar-refractivity contribution is 6.04. The average Bonchev–Trinajstić information content (AvgIpc) is 3.00. The lowest BCUT2D eigenvalue weighted by Crippen LogP contribution is -2.53. The summed E-state index contributed by atoms with van der Waals surface area (Å²) in [6.45, 7) is 17.7. The number of likely N-dealkylation sites (tertiary alicyclic amines) is 1. The quantitative estimate of drug-likeness (QED) is 0.167. The van der Waals surface area contributed by atoms with Crippen molar-refractivity contribution in [1.82, 2.24) is 15.2 Å². The molecule has 0 bridgehead atoms. The molecule has 2 heterocycles. The van der Waals surface area contributed by atoms with Crippen molar-refractivity contribution in [2.45, 2.75) is 47.1 Å². The second-order valence-corrected chi connectivity index (χ2v) is 10.1. The maximum Gasteiger partial charge on any atom is 0.324 e. The Kier molecular flexibility index (Phi) is 15.8. The number of rotatable bonds is 13. The van der Waals surface area contributed by atoms with Crippen molar-refractivity contribution in [2.75, 3.05) is 50.5 Å². The van der Waals surface area contributed by atoms with Gasteiger partial charge in [0.25, 0.3) is 0 Å². The van der Waals surface area contributed by atoms with Gasteiger partial charge in [0, 0.05) is 36.1 Å². The summed E-state index contributed by atoms with van der Waals surface area (Å²) < 4.78 is 11.8. The van der Waals surface area contributed by atoms with Crippen molar-refractivity contribution in [3.63, 3.8) is 0 Å². The SMILES string of the molecule is C=CCOC1CN(CCOc2ccc(NC(=O)N/C(=C/CC(C)C)Nc3ccc(C)nc3)c3ccccc23)C1.CC.CN. The highest BCUT2D eigenvalue weighted by Crippen LogP contribution is 2.31. The van der Waals surface area contributed by atoms with Crippen LogP contribution in [0, 0.1) is 12.8 Å². The van der Waals surface area contributed by atoms with E-state index >= 15 is 0 Å². The number of hydrogen-bond acceptors (Lipinski definition) is 7. The van der Waals surface area contributed by atoms with Gasteiger partial charge in [0.1, 0.15) is 18.2 Å². The van der Waals surface area contributed by atoms with Crippen molar-refractivity contribution in [3.8, 4) is 5.75 Å². The molecule has 4 rings (SSSR count). The number of urea groups is 1. The number of benzene rings is 2. The van der Waals surface area contributed by atoms with Gasteiger partial charge in [-0.1, -0.05) is 58.0 Å². The standard InChI is InChI=1S/C31H39N5O3.C2H6.CH5N/c1-5-17-38-25-20-36(21-25)16-18-39-29-14-13-28(26-8-6-7-9-27(26)29)34-31(37)35-30(15-10-22(2)3)33-24-12-11-23(4)32-19-24;2*1-2/h5-9,11-15,19,22,25,33H,1,10,16-18,20-21H2,2-4H3,(H2,34,35,37);1-2H3;2H2,1H3/b30-15+;;. The second kappa shape index (κ2) is 19.3. The fourth-order valence-electron chi connectivity index (χ4n) is 4.27. The molecule has 9 heteroatoms. The molecule has 0 radical (unpaired) electrons. The number of fused-ring (bicyclic) bond motifs is 1. The third-order valence-electron chi connectivity index (χ3n) is 6.40. The summed E-state index contributed by atoms with van der Waals surface area (Å²) in [5.74, 6) is 1.86. The summed E-state index contributed by atoms with van der Waals surface area (Å²) >= 11 is 0. The van der Waals surface area contributed by atoms with E-state index < -0.39 is 0 Å². The Labute approximate surface area is 257 Å². The Morgan fingerprint density at radius 3 is 2.47 bits per heavy atom. The molecule has 0 aliphatic carbocycles. The van der Waals surface area contributed by atoms with Crippen molar-refractivity contribution in [1.29, 1.82) is 0 Å². The van der Waals surface area contributed by atoms with E-state index in [1.165, 1.54) is 7.05 Å². The molecule has 5 N–H and O–H groups in total.